The quantitative estimate of drug-likeness (QED) is 0.159. The number of hydrogen-bond acceptors (Lipinski definition) is 6. The Labute approximate surface area is 296 Å². The largest absolute Gasteiger partial charge is 0.497 e. The fourth-order valence-electron chi connectivity index (χ4n) is 6.33. The second-order valence-corrected chi connectivity index (χ2v) is 14.8. The van der Waals surface area contributed by atoms with Crippen LogP contribution in [0.2, 0.25) is 0 Å². The summed E-state index contributed by atoms with van der Waals surface area (Å²) >= 11 is 0. The van der Waals surface area contributed by atoms with Crippen molar-refractivity contribution in [3.8, 4) is 11.5 Å². The number of nitrogens with zero attached hydrogens (tertiary/aromatic N) is 2. The highest BCUT2D eigenvalue weighted by Gasteiger charge is 2.36. The Morgan fingerprint density at radius 1 is 0.800 bits per heavy atom. The average molecular weight is 698 g/mol. The molecule has 4 aromatic carbocycles. The number of carbonyl (C=O) groups excluding carboxylic acids is 2. The van der Waals surface area contributed by atoms with E-state index in [4.69, 9.17) is 9.47 Å². The maximum atomic E-state index is 14.9. The van der Waals surface area contributed by atoms with Crippen molar-refractivity contribution in [2.24, 2.45) is 0 Å². The van der Waals surface area contributed by atoms with E-state index in [9.17, 15) is 18.0 Å². The molecule has 264 valence electrons. The molecule has 50 heavy (non-hydrogen) atoms. The first kappa shape index (κ1) is 36.5. The van der Waals surface area contributed by atoms with Gasteiger partial charge in [-0.15, -0.1) is 0 Å². The van der Waals surface area contributed by atoms with Crippen LogP contribution < -0.4 is 19.1 Å². The lowest BCUT2D eigenvalue weighted by molar-refractivity contribution is -0.140. The van der Waals surface area contributed by atoms with Crippen molar-refractivity contribution in [2.75, 3.05) is 25.1 Å². The summed E-state index contributed by atoms with van der Waals surface area (Å²) in [5.74, 6) is -0.156. The summed E-state index contributed by atoms with van der Waals surface area (Å²) in [4.78, 5) is 30.7. The fraction of sp³-hybridized carbons (Fsp3) is 0.350. The third kappa shape index (κ3) is 9.04. The second-order valence-electron chi connectivity index (χ2n) is 12.9. The van der Waals surface area contributed by atoms with Gasteiger partial charge in [-0.1, -0.05) is 97.1 Å². The highest BCUT2D eigenvalue weighted by Crippen LogP contribution is 2.36. The fourth-order valence-corrected chi connectivity index (χ4v) is 7.75. The van der Waals surface area contributed by atoms with Crippen molar-refractivity contribution in [2.45, 2.75) is 75.9 Å². The molecule has 2 amide bonds. The first-order valence-electron chi connectivity index (χ1n) is 17.1. The van der Waals surface area contributed by atoms with Crippen LogP contribution in [0.5, 0.6) is 11.5 Å². The minimum absolute atomic E-state index is 0.0155. The number of methoxy groups -OCH3 is 2. The van der Waals surface area contributed by atoms with Crippen LogP contribution in [-0.4, -0.2) is 58.0 Å². The highest BCUT2D eigenvalue weighted by molar-refractivity contribution is 7.92. The molecule has 1 fully saturated rings. The average Bonchev–Trinajstić information content (AvgIpc) is 3.13. The molecule has 4 aromatic rings. The van der Waals surface area contributed by atoms with Gasteiger partial charge in [0, 0.05) is 25.1 Å². The molecular formula is C40H47N3O6S. The molecule has 1 aliphatic rings. The van der Waals surface area contributed by atoms with Crippen LogP contribution in [0.1, 0.15) is 54.4 Å². The Kier molecular flexibility index (Phi) is 12.2. The predicted octanol–water partition coefficient (Wildman–Crippen LogP) is 6.60. The molecule has 0 aliphatic heterocycles. The molecule has 0 radical (unpaired) electrons. The van der Waals surface area contributed by atoms with E-state index < -0.39 is 28.5 Å². The molecule has 0 heterocycles. The summed E-state index contributed by atoms with van der Waals surface area (Å²) < 4.78 is 41.1. The van der Waals surface area contributed by atoms with Gasteiger partial charge in [-0.05, 0) is 62.1 Å². The first-order valence-corrected chi connectivity index (χ1v) is 18.5. The second kappa shape index (κ2) is 16.7. The van der Waals surface area contributed by atoms with E-state index >= 15 is 0 Å². The van der Waals surface area contributed by atoms with Gasteiger partial charge in [0.15, 0.2) is 0 Å². The smallest absolute Gasteiger partial charge is 0.264 e. The summed E-state index contributed by atoms with van der Waals surface area (Å²) in [7, 11) is -1.39. The SMILES string of the molecule is COc1ccc(OC)c(N(CC(=O)N(Cc2ccc(C)cc2)C(Cc2ccccc2)C(=O)NC2CCCCC2)S(=O)(=O)c2ccc(C)cc2)c1. The van der Waals surface area contributed by atoms with Gasteiger partial charge in [0.25, 0.3) is 10.0 Å². The highest BCUT2D eigenvalue weighted by atomic mass is 32.2. The summed E-state index contributed by atoms with van der Waals surface area (Å²) in [6.07, 6.45) is 5.23. The molecule has 0 aromatic heterocycles. The Bertz CT molecular complexity index is 1840. The lowest BCUT2D eigenvalue weighted by Crippen LogP contribution is -2.55. The van der Waals surface area contributed by atoms with Gasteiger partial charge in [-0.2, -0.15) is 0 Å². The van der Waals surface area contributed by atoms with E-state index in [1.807, 2.05) is 68.4 Å². The molecule has 0 bridgehead atoms. The number of anilines is 1. The topological polar surface area (TPSA) is 105 Å². The Morgan fingerprint density at radius 3 is 2.06 bits per heavy atom. The summed E-state index contributed by atoms with van der Waals surface area (Å²) in [6.45, 7) is 3.37. The van der Waals surface area contributed by atoms with Gasteiger partial charge in [0.05, 0.1) is 24.8 Å². The van der Waals surface area contributed by atoms with Crippen LogP contribution in [0.25, 0.3) is 0 Å². The van der Waals surface area contributed by atoms with Gasteiger partial charge in [0.1, 0.15) is 24.1 Å². The molecule has 1 aliphatic carbocycles. The third-order valence-corrected chi connectivity index (χ3v) is 11.0. The normalized spacial score (nSPS) is 14.0. The van der Waals surface area contributed by atoms with Crippen LogP contribution in [0.4, 0.5) is 5.69 Å². The standard InChI is InChI=1S/C40H47N3O6S/c1-29-15-19-32(20-16-29)27-42(37(25-31-11-7-5-8-12-31)40(45)41-33-13-9-6-10-14-33)39(44)28-43(36-26-34(48-3)21-24-38(36)49-4)50(46,47)35-22-17-30(2)18-23-35/h5,7-8,11-12,15-24,26,33,37H,6,9-10,13-14,25,27-28H2,1-4H3,(H,41,45). The van der Waals surface area contributed by atoms with Crippen molar-refractivity contribution in [3.05, 3.63) is 119 Å². The molecule has 1 N–H and O–H groups in total. The lowest BCUT2D eigenvalue weighted by atomic mass is 9.94. The molecule has 1 atom stereocenters. The first-order chi connectivity index (χ1) is 24.1. The molecule has 0 spiro atoms. The monoisotopic (exact) mass is 697 g/mol. The van der Waals surface area contributed by atoms with E-state index in [1.165, 1.54) is 31.3 Å². The number of carbonyl (C=O) groups is 2. The van der Waals surface area contributed by atoms with Crippen LogP contribution in [0, 0.1) is 13.8 Å². The molecule has 5 rings (SSSR count). The number of ether oxygens (including phenoxy) is 2. The van der Waals surface area contributed by atoms with Crippen molar-refractivity contribution in [1.29, 1.82) is 0 Å². The number of rotatable bonds is 14. The minimum Gasteiger partial charge on any atom is -0.497 e. The number of nitrogens with one attached hydrogen (secondary N) is 1. The number of hydrogen-bond donors (Lipinski definition) is 1. The van der Waals surface area contributed by atoms with Crippen LogP contribution in [-0.2, 0) is 32.6 Å². The number of amides is 2. The molecule has 1 unspecified atom stereocenters. The van der Waals surface area contributed by atoms with E-state index in [2.05, 4.69) is 5.32 Å². The maximum Gasteiger partial charge on any atom is 0.264 e. The zero-order valence-corrected chi connectivity index (χ0v) is 30.1. The third-order valence-electron chi connectivity index (χ3n) is 9.24. The number of aryl methyl sites for hydroxylation is 2. The Balaban J connectivity index is 1.61. The van der Waals surface area contributed by atoms with Crippen LogP contribution in [0.15, 0.2) is 102 Å². The van der Waals surface area contributed by atoms with Crippen LogP contribution in [0.3, 0.4) is 0 Å². The van der Waals surface area contributed by atoms with Gasteiger partial charge < -0.3 is 19.7 Å². The van der Waals surface area contributed by atoms with E-state index in [1.54, 1.807) is 30.3 Å². The Hall–Kier alpha value is -4.83. The summed E-state index contributed by atoms with van der Waals surface area (Å²) in [5.41, 5.74) is 3.80. The molecule has 10 heteroatoms. The molecule has 0 saturated heterocycles. The molecule has 1 saturated carbocycles. The summed E-state index contributed by atoms with van der Waals surface area (Å²) in [5, 5.41) is 3.25. The van der Waals surface area contributed by atoms with Crippen LogP contribution >= 0.6 is 0 Å². The predicted molar refractivity (Wildman–Crippen MR) is 196 cm³/mol. The van der Waals surface area contributed by atoms with Crippen molar-refractivity contribution >= 4 is 27.5 Å². The number of benzene rings is 4. The number of sulfonamides is 1. The lowest BCUT2D eigenvalue weighted by Gasteiger charge is -2.35. The van der Waals surface area contributed by atoms with Gasteiger partial charge in [0.2, 0.25) is 11.8 Å². The van der Waals surface area contributed by atoms with Gasteiger partial charge in [-0.3, -0.25) is 13.9 Å². The zero-order valence-electron chi connectivity index (χ0n) is 29.3. The molecule has 9 nitrogen and oxygen atoms in total. The van der Waals surface area contributed by atoms with Crippen molar-refractivity contribution in [3.63, 3.8) is 0 Å². The maximum absolute atomic E-state index is 14.9. The van der Waals surface area contributed by atoms with E-state index in [0.717, 1.165) is 58.7 Å². The molecular weight excluding hydrogens is 651 g/mol. The van der Waals surface area contributed by atoms with E-state index in [-0.39, 0.29) is 41.2 Å². The zero-order chi connectivity index (χ0) is 35.7. The van der Waals surface area contributed by atoms with Crippen molar-refractivity contribution < 1.29 is 27.5 Å². The van der Waals surface area contributed by atoms with Crippen molar-refractivity contribution in [1.82, 2.24) is 10.2 Å². The Morgan fingerprint density at radius 2 is 1.44 bits per heavy atom. The minimum atomic E-state index is -4.31. The van der Waals surface area contributed by atoms with Gasteiger partial charge in [-0.25, -0.2) is 8.42 Å². The van der Waals surface area contributed by atoms with Gasteiger partial charge >= 0.3 is 0 Å². The van der Waals surface area contributed by atoms with E-state index in [0.29, 0.717) is 5.75 Å². The summed E-state index contributed by atoms with van der Waals surface area (Å²) in [6, 6.07) is 27.8.